The Labute approximate surface area is 81.1 Å². The van der Waals surface area contributed by atoms with E-state index >= 15 is 0 Å². The van der Waals surface area contributed by atoms with Crippen LogP contribution in [0.4, 0.5) is 0 Å². The van der Waals surface area contributed by atoms with Crippen LogP contribution in [0, 0.1) is 0 Å². The van der Waals surface area contributed by atoms with E-state index in [1.165, 1.54) is 0 Å². The lowest BCUT2D eigenvalue weighted by molar-refractivity contribution is -0.162. The Bertz CT molecular complexity index is 119. The molecule has 0 saturated carbocycles. The summed E-state index contributed by atoms with van der Waals surface area (Å²) in [5.41, 5.74) is 0. The number of rotatable bonds is 3. The average Bonchev–Trinajstić information content (AvgIpc) is 1.81. The van der Waals surface area contributed by atoms with Crippen molar-refractivity contribution in [3.05, 3.63) is 0 Å². The lowest BCUT2D eigenvalue weighted by atomic mass is 10.1. The smallest absolute Gasteiger partial charge is 0.243 e. The molecule has 0 atom stereocenters. The number of hydrogen-bond donors (Lipinski definition) is 2. The molecule has 0 aliphatic rings. The van der Waals surface area contributed by atoms with Gasteiger partial charge < -0.3 is 10.2 Å². The minimum absolute atomic E-state index is 0.0694. The van der Waals surface area contributed by atoms with Gasteiger partial charge in [-0.25, -0.2) is 0 Å². The van der Waals surface area contributed by atoms with E-state index in [-0.39, 0.29) is 6.42 Å². The van der Waals surface area contributed by atoms with E-state index in [1.807, 2.05) is 6.92 Å². The first-order valence-corrected chi connectivity index (χ1v) is 4.46. The van der Waals surface area contributed by atoms with Crippen molar-refractivity contribution in [2.24, 2.45) is 0 Å². The van der Waals surface area contributed by atoms with Crippen molar-refractivity contribution in [3.63, 3.8) is 0 Å². The van der Waals surface area contributed by atoms with Gasteiger partial charge in [0.2, 0.25) is 9.58 Å². The molecule has 2 N–H and O–H groups in total. The average molecular weight is 222 g/mol. The van der Waals surface area contributed by atoms with Crippen molar-refractivity contribution in [2.75, 3.05) is 0 Å². The third-order valence-electron chi connectivity index (χ3n) is 1.33. The molecule has 0 aliphatic heterocycles. The molecule has 5 heteroatoms. The molecular weight excluding hydrogens is 210 g/mol. The van der Waals surface area contributed by atoms with Crippen LogP contribution in [0.3, 0.4) is 0 Å². The second kappa shape index (κ2) is 4.15. The highest BCUT2D eigenvalue weighted by molar-refractivity contribution is 6.68. The maximum Gasteiger partial charge on any atom is 0.243 e. The Balaban J connectivity index is 4.00. The van der Waals surface area contributed by atoms with Crippen LogP contribution in [-0.2, 0) is 0 Å². The van der Waals surface area contributed by atoms with Crippen LogP contribution in [0.25, 0.3) is 0 Å². The second-order valence-corrected chi connectivity index (χ2v) is 4.70. The van der Waals surface area contributed by atoms with Crippen LogP contribution in [0.5, 0.6) is 0 Å². The fourth-order valence-corrected chi connectivity index (χ4v) is 0.848. The summed E-state index contributed by atoms with van der Waals surface area (Å²) >= 11 is 15.9. The molecule has 0 radical (unpaired) electrons. The first-order valence-electron chi connectivity index (χ1n) is 3.32. The van der Waals surface area contributed by atoms with Crippen molar-refractivity contribution in [3.8, 4) is 0 Å². The maximum atomic E-state index is 9.14. The van der Waals surface area contributed by atoms with Gasteiger partial charge in [0.15, 0.2) is 0 Å². The lowest BCUT2D eigenvalue weighted by Gasteiger charge is -2.28. The summed E-state index contributed by atoms with van der Waals surface area (Å²) in [5, 5.41) is 18.3. The zero-order valence-electron chi connectivity index (χ0n) is 6.15. The minimum atomic E-state index is -2.21. The third kappa shape index (κ3) is 3.81. The number of alkyl halides is 3. The highest BCUT2D eigenvalue weighted by atomic mass is 35.6. The van der Waals surface area contributed by atoms with Gasteiger partial charge in [0.25, 0.3) is 0 Å². The van der Waals surface area contributed by atoms with Crippen LogP contribution in [0.15, 0.2) is 0 Å². The van der Waals surface area contributed by atoms with Crippen molar-refractivity contribution >= 4 is 34.8 Å². The third-order valence-corrected chi connectivity index (χ3v) is 2.24. The monoisotopic (exact) mass is 220 g/mol. The number of halogens is 3. The SMILES string of the molecule is CCCCC(O)(O)C(Cl)(Cl)Cl. The Morgan fingerprint density at radius 2 is 1.64 bits per heavy atom. The second-order valence-electron chi connectivity index (χ2n) is 2.42. The molecule has 0 aliphatic carbocycles. The standard InChI is InChI=1S/C6H11Cl3O2/c1-2-3-4-5(10,11)6(7,8)9/h10-11H,2-4H2,1H3. The molecule has 0 bridgehead atoms. The lowest BCUT2D eigenvalue weighted by Crippen LogP contribution is -2.42. The molecule has 11 heavy (non-hydrogen) atoms. The van der Waals surface area contributed by atoms with Crippen molar-refractivity contribution < 1.29 is 10.2 Å². The summed E-state index contributed by atoms with van der Waals surface area (Å²) in [7, 11) is 0. The van der Waals surface area contributed by atoms with E-state index < -0.39 is 9.58 Å². The quantitative estimate of drug-likeness (QED) is 0.567. The van der Waals surface area contributed by atoms with Crippen molar-refractivity contribution in [1.82, 2.24) is 0 Å². The molecule has 0 heterocycles. The molecule has 68 valence electrons. The highest BCUT2D eigenvalue weighted by Crippen LogP contribution is 2.39. The van der Waals surface area contributed by atoms with Crippen LogP contribution < -0.4 is 0 Å². The summed E-state index contributed by atoms with van der Waals surface area (Å²) in [6.45, 7) is 1.91. The van der Waals surface area contributed by atoms with Crippen LogP contribution >= 0.6 is 34.8 Å². The molecule has 0 aromatic carbocycles. The van der Waals surface area contributed by atoms with Crippen molar-refractivity contribution in [2.45, 2.75) is 35.8 Å². The summed E-state index contributed by atoms with van der Waals surface area (Å²) < 4.78 is -2.03. The number of unbranched alkanes of at least 4 members (excludes halogenated alkanes) is 1. The zero-order chi connectivity index (χ0) is 9.12. The maximum absolute atomic E-state index is 9.14. The van der Waals surface area contributed by atoms with E-state index in [1.54, 1.807) is 0 Å². The summed E-state index contributed by atoms with van der Waals surface area (Å²) in [4.78, 5) is 0. The first kappa shape index (κ1) is 11.8. The molecule has 0 spiro atoms. The largest absolute Gasteiger partial charge is 0.362 e. The molecule has 0 fully saturated rings. The van der Waals surface area contributed by atoms with Gasteiger partial charge in [0.1, 0.15) is 0 Å². The zero-order valence-corrected chi connectivity index (χ0v) is 8.42. The first-order chi connectivity index (χ1) is 4.81. The van der Waals surface area contributed by atoms with E-state index in [0.29, 0.717) is 6.42 Å². The summed E-state index contributed by atoms with van der Waals surface area (Å²) in [5.74, 6) is -2.21. The molecular formula is C6H11Cl3O2. The summed E-state index contributed by atoms with van der Waals surface area (Å²) in [6.07, 6.45) is 1.50. The van der Waals surface area contributed by atoms with E-state index in [4.69, 9.17) is 45.0 Å². The van der Waals surface area contributed by atoms with Crippen molar-refractivity contribution in [1.29, 1.82) is 0 Å². The molecule has 0 amide bonds. The Morgan fingerprint density at radius 1 is 1.18 bits per heavy atom. The predicted octanol–water partition coefficient (Wildman–Crippen LogP) is 2.23. The van der Waals surface area contributed by atoms with Gasteiger partial charge in [0.05, 0.1) is 0 Å². The summed E-state index contributed by atoms with van der Waals surface area (Å²) in [6, 6.07) is 0. The van der Waals surface area contributed by atoms with Gasteiger partial charge in [-0.05, 0) is 6.42 Å². The predicted molar refractivity (Wildman–Crippen MR) is 47.0 cm³/mol. The van der Waals surface area contributed by atoms with Gasteiger partial charge in [-0.3, -0.25) is 0 Å². The molecule has 0 aromatic rings. The number of aliphatic hydroxyl groups is 2. The Kier molecular flexibility index (Phi) is 4.45. The van der Waals surface area contributed by atoms with E-state index in [9.17, 15) is 0 Å². The topological polar surface area (TPSA) is 40.5 Å². The van der Waals surface area contributed by atoms with Gasteiger partial charge in [0, 0.05) is 6.42 Å². The van der Waals surface area contributed by atoms with Crippen LogP contribution in [0.2, 0.25) is 0 Å². The number of hydrogen-bond acceptors (Lipinski definition) is 2. The van der Waals surface area contributed by atoms with Crippen LogP contribution in [-0.4, -0.2) is 19.8 Å². The molecule has 0 aromatic heterocycles. The van der Waals surface area contributed by atoms with Gasteiger partial charge >= 0.3 is 0 Å². The van der Waals surface area contributed by atoms with E-state index in [2.05, 4.69) is 0 Å². The highest BCUT2D eigenvalue weighted by Gasteiger charge is 2.44. The Hall–Kier alpha value is 0.790. The van der Waals surface area contributed by atoms with Gasteiger partial charge in [-0.15, -0.1) is 0 Å². The normalized spacial score (nSPS) is 13.6. The Morgan fingerprint density at radius 3 is 1.91 bits per heavy atom. The molecule has 0 saturated heterocycles. The molecule has 2 nitrogen and oxygen atoms in total. The minimum Gasteiger partial charge on any atom is -0.362 e. The van der Waals surface area contributed by atoms with Crippen LogP contribution in [0.1, 0.15) is 26.2 Å². The fraction of sp³-hybridized carbons (Fsp3) is 1.00. The van der Waals surface area contributed by atoms with E-state index in [0.717, 1.165) is 6.42 Å². The molecule has 0 rings (SSSR count). The fourth-order valence-electron chi connectivity index (χ4n) is 0.565. The van der Waals surface area contributed by atoms with Gasteiger partial charge in [-0.2, -0.15) is 0 Å². The van der Waals surface area contributed by atoms with Gasteiger partial charge in [-0.1, -0.05) is 48.1 Å². The molecule has 0 unspecified atom stereocenters.